The van der Waals surface area contributed by atoms with Crippen molar-refractivity contribution in [1.82, 2.24) is 14.1 Å². The van der Waals surface area contributed by atoms with E-state index in [4.69, 9.17) is 4.74 Å². The van der Waals surface area contributed by atoms with E-state index in [0.717, 1.165) is 26.6 Å². The van der Waals surface area contributed by atoms with Gasteiger partial charge in [0.2, 0.25) is 15.8 Å². The summed E-state index contributed by atoms with van der Waals surface area (Å²) >= 11 is 0. The summed E-state index contributed by atoms with van der Waals surface area (Å²) in [6.07, 6.45) is 1.78. The summed E-state index contributed by atoms with van der Waals surface area (Å²) in [7, 11) is -3.38. The van der Waals surface area contributed by atoms with Gasteiger partial charge in [-0.05, 0) is 48.4 Å². The lowest BCUT2D eigenvalue weighted by Gasteiger charge is -2.36. The number of halogens is 1. The van der Waals surface area contributed by atoms with Crippen LogP contribution >= 0.6 is 0 Å². The Hall–Kier alpha value is -3.76. The van der Waals surface area contributed by atoms with Crippen molar-refractivity contribution in [2.75, 3.05) is 31.1 Å². The Labute approximate surface area is 226 Å². The third-order valence-electron chi connectivity index (χ3n) is 7.54. The molecule has 2 heterocycles. The van der Waals surface area contributed by atoms with Gasteiger partial charge in [-0.2, -0.15) is 14.1 Å². The largest absolute Gasteiger partial charge is 0.478 e. The number of hydrogen-bond donors (Lipinski definition) is 0. The molecule has 1 aromatic heterocycles. The molecule has 1 atom stereocenters. The van der Waals surface area contributed by atoms with Crippen molar-refractivity contribution in [3.8, 4) is 11.4 Å². The lowest BCUT2D eigenvalue weighted by atomic mass is 10.1. The van der Waals surface area contributed by atoms with Crippen molar-refractivity contribution in [2.24, 2.45) is 0 Å². The Morgan fingerprint density at radius 1 is 1.00 bits per heavy atom. The number of nitrogens with zero attached hydrogens (tertiary/aromatic N) is 4. The topological polar surface area (TPSA) is 84.7 Å². The van der Waals surface area contributed by atoms with Crippen LogP contribution in [-0.4, -0.2) is 53.9 Å². The molecule has 4 aromatic rings. The highest BCUT2D eigenvalue weighted by Gasteiger charge is 2.33. The second kappa shape index (κ2) is 9.77. The van der Waals surface area contributed by atoms with Crippen molar-refractivity contribution in [1.29, 1.82) is 0 Å². The quantitative estimate of drug-likeness (QED) is 0.361. The van der Waals surface area contributed by atoms with Gasteiger partial charge in [-0.1, -0.05) is 42.5 Å². The van der Waals surface area contributed by atoms with Gasteiger partial charge in [0.05, 0.1) is 17.1 Å². The molecule has 0 bridgehead atoms. The van der Waals surface area contributed by atoms with Crippen LogP contribution in [0.5, 0.6) is 5.75 Å². The molecule has 0 N–H and O–H groups in total. The molecule has 2 aliphatic rings. The van der Waals surface area contributed by atoms with Gasteiger partial charge in [0.1, 0.15) is 17.6 Å². The van der Waals surface area contributed by atoms with E-state index in [1.807, 2.05) is 23.1 Å². The third kappa shape index (κ3) is 4.47. The molecule has 1 aliphatic carbocycles. The smallest absolute Gasteiger partial charge is 0.316 e. The van der Waals surface area contributed by atoms with E-state index >= 15 is 0 Å². The van der Waals surface area contributed by atoms with Crippen LogP contribution in [0.25, 0.3) is 16.5 Å². The molecule has 202 valence electrons. The van der Waals surface area contributed by atoms with Crippen molar-refractivity contribution in [3.05, 3.63) is 94.2 Å². The van der Waals surface area contributed by atoms with Gasteiger partial charge in [0, 0.05) is 38.2 Å². The molecule has 0 radical (unpaired) electrons. The Kier molecular flexibility index (Phi) is 6.39. The van der Waals surface area contributed by atoms with Gasteiger partial charge in [-0.25, -0.2) is 12.8 Å². The maximum absolute atomic E-state index is 14.0. The SMILES string of the molecule is CC(C)S(=O)(=O)N1CCN(c2cnn(-c3cccc(F)c3)c(=O)c2OC2Cc3cccc4cccc2c34)CC1. The maximum atomic E-state index is 14.0. The van der Waals surface area contributed by atoms with Crippen LogP contribution in [0.3, 0.4) is 0 Å². The molecule has 10 heteroatoms. The zero-order valence-corrected chi connectivity index (χ0v) is 22.6. The van der Waals surface area contributed by atoms with Crippen LogP contribution in [0, 0.1) is 5.82 Å². The molecule has 6 rings (SSSR count). The molecular formula is C29H29FN4O4S. The molecule has 1 saturated heterocycles. The fourth-order valence-corrected chi connectivity index (χ4v) is 6.75. The minimum atomic E-state index is -3.38. The number of sulfonamides is 1. The predicted molar refractivity (Wildman–Crippen MR) is 149 cm³/mol. The van der Waals surface area contributed by atoms with Crippen LogP contribution in [0.4, 0.5) is 10.1 Å². The molecule has 1 unspecified atom stereocenters. The molecule has 8 nitrogen and oxygen atoms in total. The van der Waals surface area contributed by atoms with Gasteiger partial charge in [0.25, 0.3) is 0 Å². The number of anilines is 1. The van der Waals surface area contributed by atoms with E-state index in [0.29, 0.717) is 44.0 Å². The average Bonchev–Trinajstić information content (AvgIpc) is 3.29. The fourth-order valence-electron chi connectivity index (χ4n) is 5.48. The van der Waals surface area contributed by atoms with E-state index in [-0.39, 0.29) is 11.9 Å². The highest BCUT2D eigenvalue weighted by molar-refractivity contribution is 7.89. The minimum Gasteiger partial charge on any atom is -0.478 e. The lowest BCUT2D eigenvalue weighted by Crippen LogP contribution is -2.50. The summed E-state index contributed by atoms with van der Waals surface area (Å²) < 4.78 is 48.6. The van der Waals surface area contributed by atoms with Gasteiger partial charge < -0.3 is 9.64 Å². The van der Waals surface area contributed by atoms with Gasteiger partial charge >= 0.3 is 5.56 Å². The van der Waals surface area contributed by atoms with Crippen LogP contribution < -0.4 is 15.2 Å². The van der Waals surface area contributed by atoms with Crippen LogP contribution in [0.15, 0.2) is 71.7 Å². The van der Waals surface area contributed by atoms with Crippen LogP contribution in [0.1, 0.15) is 31.1 Å². The fraction of sp³-hybridized carbons (Fsp3) is 0.310. The van der Waals surface area contributed by atoms with Gasteiger partial charge in [-0.3, -0.25) is 4.79 Å². The molecule has 3 aromatic carbocycles. The summed E-state index contributed by atoms with van der Waals surface area (Å²) in [5.41, 5.74) is 2.45. The van der Waals surface area contributed by atoms with Crippen molar-refractivity contribution < 1.29 is 17.5 Å². The summed E-state index contributed by atoms with van der Waals surface area (Å²) in [6, 6.07) is 17.9. The lowest BCUT2D eigenvalue weighted by molar-refractivity contribution is 0.208. The molecule has 0 saturated carbocycles. The Bertz CT molecular complexity index is 1720. The first-order valence-electron chi connectivity index (χ1n) is 13.0. The van der Waals surface area contributed by atoms with E-state index in [2.05, 4.69) is 23.3 Å². The van der Waals surface area contributed by atoms with Gasteiger partial charge in [-0.15, -0.1) is 0 Å². The number of benzene rings is 3. The zero-order chi connectivity index (χ0) is 27.3. The minimum absolute atomic E-state index is 0.115. The molecule has 39 heavy (non-hydrogen) atoms. The summed E-state index contributed by atoms with van der Waals surface area (Å²) in [5.74, 6) is -0.364. The van der Waals surface area contributed by atoms with Crippen LogP contribution in [-0.2, 0) is 16.4 Å². The molecule has 0 spiro atoms. The Morgan fingerprint density at radius 3 is 2.44 bits per heavy atom. The number of aromatic nitrogens is 2. The molecule has 1 aliphatic heterocycles. The number of hydrogen-bond acceptors (Lipinski definition) is 6. The second-order valence-electron chi connectivity index (χ2n) is 10.2. The number of piperazine rings is 1. The Morgan fingerprint density at radius 2 is 1.72 bits per heavy atom. The van der Waals surface area contributed by atoms with Crippen LogP contribution in [0.2, 0.25) is 0 Å². The second-order valence-corrected chi connectivity index (χ2v) is 12.7. The normalized spacial score (nSPS) is 17.7. The van der Waals surface area contributed by atoms with E-state index < -0.39 is 26.6 Å². The standard InChI is InChI=1S/C29H29FN4O4S/c1-19(2)39(36,37)33-14-12-32(13-15-33)25-18-31-34(23-10-5-9-22(30)17-23)29(35)28(25)38-26-16-21-8-3-6-20-7-4-11-24(26)27(20)21/h3-11,17-19,26H,12-16H2,1-2H3. The number of rotatable bonds is 6. The summed E-state index contributed by atoms with van der Waals surface area (Å²) in [6.45, 7) is 4.69. The highest BCUT2D eigenvalue weighted by Crippen LogP contribution is 2.40. The molecule has 0 amide bonds. The Balaban J connectivity index is 1.39. The van der Waals surface area contributed by atoms with E-state index in [1.165, 1.54) is 22.5 Å². The maximum Gasteiger partial charge on any atom is 0.316 e. The first kappa shape index (κ1) is 25.5. The third-order valence-corrected chi connectivity index (χ3v) is 9.81. The summed E-state index contributed by atoms with van der Waals surface area (Å²) in [5, 5.41) is 6.10. The molecule has 1 fully saturated rings. The van der Waals surface area contributed by atoms with Gasteiger partial charge in [0.15, 0.2) is 0 Å². The van der Waals surface area contributed by atoms with Crippen molar-refractivity contribution in [2.45, 2.75) is 31.6 Å². The van der Waals surface area contributed by atoms with Crippen molar-refractivity contribution >= 4 is 26.5 Å². The molecular weight excluding hydrogens is 519 g/mol. The van der Waals surface area contributed by atoms with Crippen molar-refractivity contribution in [3.63, 3.8) is 0 Å². The monoisotopic (exact) mass is 548 g/mol. The highest BCUT2D eigenvalue weighted by atomic mass is 32.2. The average molecular weight is 549 g/mol. The first-order valence-corrected chi connectivity index (χ1v) is 14.5. The number of ether oxygens (including phenoxy) is 1. The summed E-state index contributed by atoms with van der Waals surface area (Å²) in [4.78, 5) is 15.8. The predicted octanol–water partition coefficient (Wildman–Crippen LogP) is 4.06. The van der Waals surface area contributed by atoms with E-state index in [9.17, 15) is 17.6 Å². The first-order chi connectivity index (χ1) is 18.7. The zero-order valence-electron chi connectivity index (χ0n) is 21.7. The van der Waals surface area contributed by atoms with E-state index in [1.54, 1.807) is 26.1 Å².